The second-order valence-electron chi connectivity index (χ2n) is 8.82. The molecular formula is C28H27BrN2O3. The number of ether oxygens (including phenoxy) is 2. The average molecular weight is 519 g/mol. The highest BCUT2D eigenvalue weighted by Crippen LogP contribution is 2.46. The quantitative estimate of drug-likeness (QED) is 0.399. The van der Waals surface area contributed by atoms with E-state index < -0.39 is 0 Å². The van der Waals surface area contributed by atoms with Gasteiger partial charge in [0.05, 0.1) is 36.1 Å². The number of fused-ring (bicyclic) bond motifs is 1. The summed E-state index contributed by atoms with van der Waals surface area (Å²) in [5.41, 5.74) is 7.01. The minimum Gasteiger partial charge on any atom is -0.493 e. The van der Waals surface area contributed by atoms with E-state index in [2.05, 4.69) is 57.8 Å². The van der Waals surface area contributed by atoms with Crippen LogP contribution in [0.25, 0.3) is 0 Å². The Morgan fingerprint density at radius 3 is 2.35 bits per heavy atom. The molecule has 0 aromatic heterocycles. The van der Waals surface area contributed by atoms with Crippen molar-refractivity contribution in [3.8, 4) is 11.5 Å². The maximum atomic E-state index is 13.7. The van der Waals surface area contributed by atoms with Gasteiger partial charge in [-0.05, 0) is 70.6 Å². The number of carbonyl (C=O) groups is 1. The first-order valence-electron chi connectivity index (χ1n) is 11.3. The molecule has 3 aromatic carbocycles. The molecule has 6 heteroatoms. The van der Waals surface area contributed by atoms with Gasteiger partial charge in [-0.15, -0.1) is 0 Å². The standard InChI is InChI=1S/C28H27BrN2O3/c1-16-8-10-17(11-9-16)18-13-23-26(24(32)14-18)27(31-22-7-5-4-6-21(22)30-23)19-12-20(29)28(34-3)25(15-19)33-2/h4-12,15,18,27,30-31H,13-14H2,1-3H3/t18-,27+/m1/s1. The van der Waals surface area contributed by atoms with Crippen molar-refractivity contribution in [3.63, 3.8) is 0 Å². The van der Waals surface area contributed by atoms with E-state index in [1.807, 2.05) is 36.4 Å². The zero-order valence-corrected chi connectivity index (χ0v) is 21.0. The van der Waals surface area contributed by atoms with Gasteiger partial charge in [0.25, 0.3) is 0 Å². The molecule has 0 saturated heterocycles. The highest BCUT2D eigenvalue weighted by atomic mass is 79.9. The van der Waals surface area contributed by atoms with Gasteiger partial charge in [0.1, 0.15) is 0 Å². The van der Waals surface area contributed by atoms with Crippen LogP contribution in [0, 0.1) is 6.92 Å². The zero-order valence-electron chi connectivity index (χ0n) is 19.4. The number of carbonyl (C=O) groups excluding carboxylic acids is 1. The molecule has 2 atom stereocenters. The molecule has 0 fully saturated rings. The molecule has 0 amide bonds. The lowest BCUT2D eigenvalue weighted by molar-refractivity contribution is -0.116. The largest absolute Gasteiger partial charge is 0.493 e. The van der Waals surface area contributed by atoms with Crippen LogP contribution in [0.5, 0.6) is 11.5 Å². The van der Waals surface area contributed by atoms with E-state index >= 15 is 0 Å². The molecule has 1 heterocycles. The van der Waals surface area contributed by atoms with Gasteiger partial charge in [-0.1, -0.05) is 42.0 Å². The van der Waals surface area contributed by atoms with Crippen LogP contribution in [-0.4, -0.2) is 20.0 Å². The van der Waals surface area contributed by atoms with Gasteiger partial charge < -0.3 is 20.1 Å². The van der Waals surface area contributed by atoms with Crippen LogP contribution in [-0.2, 0) is 4.79 Å². The monoisotopic (exact) mass is 518 g/mol. The molecule has 1 aliphatic carbocycles. The van der Waals surface area contributed by atoms with Gasteiger partial charge in [0.15, 0.2) is 17.3 Å². The summed E-state index contributed by atoms with van der Waals surface area (Å²) in [6.07, 6.45) is 1.25. The summed E-state index contributed by atoms with van der Waals surface area (Å²) in [4.78, 5) is 13.7. The second kappa shape index (κ2) is 9.18. The highest BCUT2D eigenvalue weighted by molar-refractivity contribution is 9.10. The van der Waals surface area contributed by atoms with Crippen LogP contribution < -0.4 is 20.1 Å². The molecule has 34 heavy (non-hydrogen) atoms. The molecule has 1 aliphatic heterocycles. The third-order valence-electron chi connectivity index (χ3n) is 6.65. The van der Waals surface area contributed by atoms with Crippen molar-refractivity contribution in [2.24, 2.45) is 0 Å². The zero-order chi connectivity index (χ0) is 23.8. The van der Waals surface area contributed by atoms with Gasteiger partial charge >= 0.3 is 0 Å². The molecule has 5 rings (SSSR count). The van der Waals surface area contributed by atoms with E-state index in [-0.39, 0.29) is 17.7 Å². The maximum absolute atomic E-state index is 13.7. The van der Waals surface area contributed by atoms with E-state index in [9.17, 15) is 4.79 Å². The first kappa shape index (κ1) is 22.5. The van der Waals surface area contributed by atoms with Crippen molar-refractivity contribution in [2.45, 2.75) is 31.7 Å². The molecule has 0 radical (unpaired) electrons. The number of methoxy groups -OCH3 is 2. The Hall–Kier alpha value is -3.25. The Kier molecular flexibility index (Phi) is 6.09. The smallest absolute Gasteiger partial charge is 0.174 e. The van der Waals surface area contributed by atoms with Crippen molar-refractivity contribution in [2.75, 3.05) is 24.9 Å². The van der Waals surface area contributed by atoms with E-state index in [1.54, 1.807) is 14.2 Å². The Morgan fingerprint density at radius 2 is 1.65 bits per heavy atom. The van der Waals surface area contributed by atoms with Crippen molar-refractivity contribution in [3.05, 3.63) is 93.1 Å². The van der Waals surface area contributed by atoms with Crippen LogP contribution in [0.1, 0.15) is 41.5 Å². The Morgan fingerprint density at radius 1 is 0.912 bits per heavy atom. The van der Waals surface area contributed by atoms with E-state index in [4.69, 9.17) is 9.47 Å². The number of Topliss-reactive ketones (excluding diaryl/α,β-unsaturated/α-hetero) is 1. The highest BCUT2D eigenvalue weighted by Gasteiger charge is 2.36. The van der Waals surface area contributed by atoms with E-state index in [0.29, 0.717) is 17.9 Å². The number of aryl methyl sites for hydroxylation is 1. The minimum atomic E-state index is -0.325. The lowest BCUT2D eigenvalue weighted by atomic mass is 9.78. The van der Waals surface area contributed by atoms with E-state index in [0.717, 1.165) is 39.1 Å². The number of hydrogen-bond acceptors (Lipinski definition) is 5. The van der Waals surface area contributed by atoms with Crippen LogP contribution in [0.15, 0.2) is 76.4 Å². The third-order valence-corrected chi connectivity index (χ3v) is 7.24. The van der Waals surface area contributed by atoms with Gasteiger partial charge in [-0.2, -0.15) is 0 Å². The lowest BCUT2D eigenvalue weighted by Gasteiger charge is -2.30. The van der Waals surface area contributed by atoms with Gasteiger partial charge in [0.2, 0.25) is 0 Å². The number of ketones is 1. The lowest BCUT2D eigenvalue weighted by Crippen LogP contribution is -2.27. The first-order chi connectivity index (χ1) is 16.5. The predicted octanol–water partition coefficient (Wildman–Crippen LogP) is 6.75. The summed E-state index contributed by atoms with van der Waals surface area (Å²) in [5.74, 6) is 1.53. The summed E-state index contributed by atoms with van der Waals surface area (Å²) < 4.78 is 11.9. The number of benzene rings is 3. The van der Waals surface area contributed by atoms with Crippen molar-refractivity contribution in [1.82, 2.24) is 0 Å². The number of allylic oxidation sites excluding steroid dienone is 1. The normalized spacial score (nSPS) is 19.4. The minimum absolute atomic E-state index is 0.141. The molecule has 5 nitrogen and oxygen atoms in total. The van der Waals surface area contributed by atoms with Crippen molar-refractivity contribution < 1.29 is 14.3 Å². The average Bonchev–Trinajstić information content (AvgIpc) is 3.01. The molecule has 0 unspecified atom stereocenters. The number of para-hydroxylation sites is 2. The number of halogens is 1. The maximum Gasteiger partial charge on any atom is 0.174 e. The molecule has 2 aliphatic rings. The topological polar surface area (TPSA) is 59.6 Å². The van der Waals surface area contributed by atoms with Crippen LogP contribution in [0.4, 0.5) is 11.4 Å². The summed E-state index contributed by atoms with van der Waals surface area (Å²) in [6, 6.07) is 20.2. The van der Waals surface area contributed by atoms with Crippen LogP contribution >= 0.6 is 15.9 Å². The van der Waals surface area contributed by atoms with Crippen molar-refractivity contribution >= 4 is 33.1 Å². The molecule has 3 aromatic rings. The Labute approximate surface area is 208 Å². The van der Waals surface area contributed by atoms with Crippen molar-refractivity contribution in [1.29, 1.82) is 0 Å². The van der Waals surface area contributed by atoms with Gasteiger partial charge in [0, 0.05) is 17.7 Å². The summed E-state index contributed by atoms with van der Waals surface area (Å²) >= 11 is 3.62. The fourth-order valence-electron chi connectivity index (χ4n) is 4.92. The molecule has 0 spiro atoms. The third kappa shape index (κ3) is 4.07. The predicted molar refractivity (Wildman–Crippen MR) is 139 cm³/mol. The summed E-state index contributed by atoms with van der Waals surface area (Å²) in [5, 5.41) is 7.22. The number of hydrogen-bond donors (Lipinski definition) is 2. The second-order valence-corrected chi connectivity index (χ2v) is 9.67. The fourth-order valence-corrected chi connectivity index (χ4v) is 5.54. The van der Waals surface area contributed by atoms with Crippen LogP contribution in [0.3, 0.4) is 0 Å². The summed E-state index contributed by atoms with van der Waals surface area (Å²) in [6.45, 7) is 2.08. The fraction of sp³-hybridized carbons (Fsp3) is 0.250. The Balaban J connectivity index is 1.63. The molecule has 0 bridgehead atoms. The molecule has 174 valence electrons. The molecule has 0 saturated carbocycles. The Bertz CT molecular complexity index is 1280. The van der Waals surface area contributed by atoms with Gasteiger partial charge in [-0.25, -0.2) is 0 Å². The first-order valence-corrected chi connectivity index (χ1v) is 12.1. The summed E-state index contributed by atoms with van der Waals surface area (Å²) in [7, 11) is 3.23. The SMILES string of the molecule is COc1cc([C@@H]2Nc3ccccc3NC3=C2C(=O)C[C@H](c2ccc(C)cc2)C3)cc(Br)c1OC. The number of rotatable bonds is 4. The van der Waals surface area contributed by atoms with E-state index in [1.165, 1.54) is 11.1 Å². The van der Waals surface area contributed by atoms with Crippen LogP contribution in [0.2, 0.25) is 0 Å². The number of nitrogens with one attached hydrogen (secondary N) is 2. The van der Waals surface area contributed by atoms with Gasteiger partial charge in [-0.3, -0.25) is 4.79 Å². The molecule has 2 N–H and O–H groups in total. The number of anilines is 2. The molecular weight excluding hydrogens is 492 g/mol.